The molecule has 2 aromatic rings. The van der Waals surface area contributed by atoms with E-state index < -0.39 is 0 Å². The van der Waals surface area contributed by atoms with Crippen LogP contribution in [0.25, 0.3) is 0 Å². The summed E-state index contributed by atoms with van der Waals surface area (Å²) in [5.74, 6) is 3.60. The van der Waals surface area contributed by atoms with Gasteiger partial charge in [0.1, 0.15) is 17.4 Å². The van der Waals surface area contributed by atoms with E-state index in [1.807, 2.05) is 23.7 Å². The van der Waals surface area contributed by atoms with E-state index in [1.54, 1.807) is 6.26 Å². The Labute approximate surface area is 165 Å². The Balaban J connectivity index is 0.00000225. The van der Waals surface area contributed by atoms with E-state index in [-0.39, 0.29) is 30.0 Å². The number of nitrogens with zero attached hydrogens (tertiary/aromatic N) is 4. The standard InChI is InChI=1S/C17H26N6O.HI/c1-12(2)19-17(18-9-8-14-6-5-11-24-14)21-15-7-4-10-23-16(15)20-13(3)22-23;/h5-6,11-12,15H,4,7-10H2,1-3H3,(H2,18,19,21);1H. The van der Waals surface area contributed by atoms with Crippen LogP contribution >= 0.6 is 24.0 Å². The van der Waals surface area contributed by atoms with E-state index >= 15 is 0 Å². The first-order chi connectivity index (χ1) is 11.6. The Morgan fingerprint density at radius 3 is 3.04 bits per heavy atom. The molecular weight excluding hydrogens is 431 g/mol. The first-order valence-electron chi connectivity index (χ1n) is 8.63. The second kappa shape index (κ2) is 9.21. The Morgan fingerprint density at radius 1 is 1.48 bits per heavy atom. The third-order valence-electron chi connectivity index (χ3n) is 3.93. The third-order valence-corrected chi connectivity index (χ3v) is 3.93. The number of fused-ring (bicyclic) bond motifs is 1. The van der Waals surface area contributed by atoms with Crippen LogP contribution in [0.3, 0.4) is 0 Å². The van der Waals surface area contributed by atoms with Gasteiger partial charge < -0.3 is 15.1 Å². The number of aliphatic imine (C=N–C) groups is 1. The second-order valence-electron chi connectivity index (χ2n) is 6.44. The van der Waals surface area contributed by atoms with Gasteiger partial charge in [-0.15, -0.1) is 24.0 Å². The number of furan rings is 1. The summed E-state index contributed by atoms with van der Waals surface area (Å²) < 4.78 is 7.37. The lowest BCUT2D eigenvalue weighted by molar-refractivity contribution is 0.396. The number of nitrogens with one attached hydrogen (secondary N) is 2. The van der Waals surface area contributed by atoms with Gasteiger partial charge in [0.05, 0.1) is 12.3 Å². The van der Waals surface area contributed by atoms with Gasteiger partial charge in [-0.1, -0.05) is 0 Å². The van der Waals surface area contributed by atoms with Gasteiger partial charge in [0.2, 0.25) is 0 Å². The molecule has 0 radical (unpaired) electrons. The molecule has 2 aromatic heterocycles. The molecule has 8 heteroatoms. The average molecular weight is 458 g/mol. The van der Waals surface area contributed by atoms with E-state index in [4.69, 9.17) is 4.42 Å². The molecule has 0 amide bonds. The number of halogens is 1. The molecule has 0 fully saturated rings. The van der Waals surface area contributed by atoms with Gasteiger partial charge in [-0.2, -0.15) is 5.10 Å². The van der Waals surface area contributed by atoms with Crippen LogP contribution in [0.2, 0.25) is 0 Å². The maximum absolute atomic E-state index is 5.36. The second-order valence-corrected chi connectivity index (χ2v) is 6.44. The van der Waals surface area contributed by atoms with E-state index in [9.17, 15) is 0 Å². The summed E-state index contributed by atoms with van der Waals surface area (Å²) in [6, 6.07) is 4.34. The summed E-state index contributed by atoms with van der Waals surface area (Å²) in [5, 5.41) is 11.4. The van der Waals surface area contributed by atoms with Crippen molar-refractivity contribution in [3.8, 4) is 0 Å². The van der Waals surface area contributed by atoms with Gasteiger partial charge in [-0.05, 0) is 45.7 Å². The molecule has 1 unspecified atom stereocenters. The van der Waals surface area contributed by atoms with Crippen molar-refractivity contribution in [1.29, 1.82) is 0 Å². The van der Waals surface area contributed by atoms with Crippen LogP contribution in [0.5, 0.6) is 0 Å². The average Bonchev–Trinajstić information content (AvgIpc) is 3.15. The van der Waals surface area contributed by atoms with Crippen LogP contribution in [0.1, 0.15) is 50.1 Å². The van der Waals surface area contributed by atoms with E-state index in [0.717, 1.165) is 49.2 Å². The highest BCUT2D eigenvalue weighted by atomic mass is 127. The first kappa shape index (κ1) is 19.7. The summed E-state index contributed by atoms with van der Waals surface area (Å²) in [5.41, 5.74) is 0. The molecule has 0 spiro atoms. The Bertz CT molecular complexity index is 679. The van der Waals surface area contributed by atoms with Crippen LogP contribution in [-0.2, 0) is 13.0 Å². The number of guanidine groups is 1. The topological polar surface area (TPSA) is 80.3 Å². The highest BCUT2D eigenvalue weighted by molar-refractivity contribution is 14.0. The Kier molecular flexibility index (Phi) is 7.27. The molecule has 0 saturated heterocycles. The normalized spacial score (nSPS) is 17.1. The zero-order valence-corrected chi connectivity index (χ0v) is 17.4. The molecule has 0 saturated carbocycles. The quantitative estimate of drug-likeness (QED) is 0.409. The van der Waals surface area contributed by atoms with Gasteiger partial charge in [0.15, 0.2) is 5.96 Å². The molecule has 1 aliphatic rings. The summed E-state index contributed by atoms with van der Waals surface area (Å²) in [6.45, 7) is 7.77. The van der Waals surface area contributed by atoms with E-state index in [1.165, 1.54) is 0 Å². The summed E-state index contributed by atoms with van der Waals surface area (Å²) in [6.07, 6.45) is 4.61. The largest absolute Gasteiger partial charge is 0.469 e. The van der Waals surface area contributed by atoms with Crippen molar-refractivity contribution >= 4 is 29.9 Å². The highest BCUT2D eigenvalue weighted by Gasteiger charge is 2.24. The van der Waals surface area contributed by atoms with Gasteiger partial charge in [0, 0.05) is 25.6 Å². The zero-order chi connectivity index (χ0) is 16.9. The number of hydrogen-bond acceptors (Lipinski definition) is 4. The molecule has 2 N–H and O–H groups in total. The predicted molar refractivity (Wildman–Crippen MR) is 108 cm³/mol. The minimum absolute atomic E-state index is 0. The van der Waals surface area contributed by atoms with Crippen molar-refractivity contribution < 1.29 is 4.42 Å². The lowest BCUT2D eigenvalue weighted by Crippen LogP contribution is -2.44. The molecule has 7 nitrogen and oxygen atoms in total. The summed E-state index contributed by atoms with van der Waals surface area (Å²) in [4.78, 5) is 9.27. The predicted octanol–water partition coefficient (Wildman–Crippen LogP) is 2.82. The van der Waals surface area contributed by atoms with Crippen LogP contribution in [0.15, 0.2) is 27.8 Å². The molecule has 0 bridgehead atoms. The van der Waals surface area contributed by atoms with Crippen molar-refractivity contribution in [2.45, 2.75) is 58.7 Å². The molecule has 0 aliphatic carbocycles. The summed E-state index contributed by atoms with van der Waals surface area (Å²) in [7, 11) is 0. The molecule has 25 heavy (non-hydrogen) atoms. The number of hydrogen-bond donors (Lipinski definition) is 2. The molecule has 0 aromatic carbocycles. The zero-order valence-electron chi connectivity index (χ0n) is 15.0. The van der Waals surface area contributed by atoms with Gasteiger partial charge in [-0.3, -0.25) is 4.99 Å². The van der Waals surface area contributed by atoms with E-state index in [2.05, 4.69) is 39.6 Å². The molecule has 1 atom stereocenters. The fourth-order valence-electron chi connectivity index (χ4n) is 2.91. The smallest absolute Gasteiger partial charge is 0.192 e. The Morgan fingerprint density at radius 2 is 2.32 bits per heavy atom. The van der Waals surface area contributed by atoms with Crippen molar-refractivity contribution in [1.82, 2.24) is 25.4 Å². The maximum atomic E-state index is 5.36. The van der Waals surface area contributed by atoms with E-state index in [0.29, 0.717) is 12.6 Å². The highest BCUT2D eigenvalue weighted by Crippen LogP contribution is 2.22. The van der Waals surface area contributed by atoms with Gasteiger partial charge in [0.25, 0.3) is 0 Å². The van der Waals surface area contributed by atoms with Crippen molar-refractivity contribution in [3.05, 3.63) is 35.8 Å². The van der Waals surface area contributed by atoms with Crippen molar-refractivity contribution in [2.75, 3.05) is 6.54 Å². The maximum Gasteiger partial charge on any atom is 0.192 e. The third kappa shape index (κ3) is 5.45. The molecular formula is C17H27IN6O. The number of aryl methyl sites for hydroxylation is 2. The molecule has 3 heterocycles. The van der Waals surface area contributed by atoms with Crippen molar-refractivity contribution in [3.63, 3.8) is 0 Å². The fourth-order valence-corrected chi connectivity index (χ4v) is 2.91. The summed E-state index contributed by atoms with van der Waals surface area (Å²) >= 11 is 0. The first-order valence-corrected chi connectivity index (χ1v) is 8.63. The lowest BCUT2D eigenvalue weighted by atomic mass is 10.1. The lowest BCUT2D eigenvalue weighted by Gasteiger charge is -2.26. The number of aromatic nitrogens is 3. The fraction of sp³-hybridized carbons (Fsp3) is 0.588. The molecule has 1 aliphatic heterocycles. The van der Waals surface area contributed by atoms with Crippen LogP contribution in [0.4, 0.5) is 0 Å². The van der Waals surface area contributed by atoms with Gasteiger partial charge >= 0.3 is 0 Å². The minimum Gasteiger partial charge on any atom is -0.469 e. The minimum atomic E-state index is 0. The van der Waals surface area contributed by atoms with Crippen LogP contribution in [-0.4, -0.2) is 33.3 Å². The van der Waals surface area contributed by atoms with Crippen molar-refractivity contribution in [2.24, 2.45) is 4.99 Å². The molecule has 3 rings (SSSR count). The van der Waals surface area contributed by atoms with Crippen LogP contribution < -0.4 is 10.6 Å². The molecule has 138 valence electrons. The number of rotatable bonds is 5. The SMILES string of the molecule is Cc1nc2n(n1)CCCC2NC(=NCCc1ccco1)NC(C)C.I. The van der Waals surface area contributed by atoms with Crippen LogP contribution in [0, 0.1) is 6.92 Å². The monoisotopic (exact) mass is 458 g/mol. The van der Waals surface area contributed by atoms with Gasteiger partial charge in [-0.25, -0.2) is 9.67 Å². The Hall–Kier alpha value is -1.58.